The molecule has 0 bridgehead atoms. The highest BCUT2D eigenvalue weighted by atomic mass is 35.5. The summed E-state index contributed by atoms with van der Waals surface area (Å²) >= 11 is 8.93. The summed E-state index contributed by atoms with van der Waals surface area (Å²) in [7, 11) is 0. The van der Waals surface area contributed by atoms with Gasteiger partial charge in [0.1, 0.15) is 6.10 Å². The fraction of sp³-hybridized carbons (Fsp3) is 0.312. The predicted octanol–water partition coefficient (Wildman–Crippen LogP) is 4.21. The summed E-state index contributed by atoms with van der Waals surface area (Å²) < 4.78 is 7.71. The molecule has 0 spiro atoms. The van der Waals surface area contributed by atoms with Crippen molar-refractivity contribution >= 4 is 46.1 Å². The van der Waals surface area contributed by atoms with Crippen LogP contribution in [0.4, 0.5) is 5.95 Å². The van der Waals surface area contributed by atoms with Gasteiger partial charge in [0.25, 0.3) is 5.91 Å². The minimum atomic E-state index is -0.204. The zero-order valence-corrected chi connectivity index (χ0v) is 15.5. The van der Waals surface area contributed by atoms with Gasteiger partial charge in [-0.3, -0.25) is 4.79 Å². The Morgan fingerprint density at radius 2 is 2.36 bits per heavy atom. The topological polar surface area (TPSA) is 69.0 Å². The second-order valence-corrected chi connectivity index (χ2v) is 8.16. The summed E-state index contributed by atoms with van der Waals surface area (Å²) in [6.07, 6.45) is 1.71. The van der Waals surface area contributed by atoms with Crippen LogP contribution in [0.5, 0.6) is 0 Å². The summed E-state index contributed by atoms with van der Waals surface area (Å²) in [6.45, 7) is 1.23. The third kappa shape index (κ3) is 3.62. The minimum absolute atomic E-state index is 0.145. The first-order chi connectivity index (χ1) is 12.2. The van der Waals surface area contributed by atoms with E-state index in [0.717, 1.165) is 22.1 Å². The van der Waals surface area contributed by atoms with E-state index in [1.165, 1.54) is 27.4 Å². The molecule has 1 fully saturated rings. The molecule has 4 rings (SSSR count). The number of nitrogens with one attached hydrogen (secondary N) is 1. The molecule has 0 saturated carbocycles. The number of hydrogen-bond donors (Lipinski definition) is 1. The maximum atomic E-state index is 12.7. The average Bonchev–Trinajstić information content (AvgIpc) is 3.38. The first kappa shape index (κ1) is 16.7. The van der Waals surface area contributed by atoms with Gasteiger partial charge in [0.05, 0.1) is 16.4 Å². The van der Waals surface area contributed by atoms with Gasteiger partial charge in [-0.05, 0) is 36.4 Å². The zero-order valence-electron chi connectivity index (χ0n) is 13.1. The zero-order chi connectivity index (χ0) is 17.2. The third-order valence-corrected chi connectivity index (χ3v) is 5.77. The van der Waals surface area contributed by atoms with E-state index < -0.39 is 0 Å². The second-order valence-electron chi connectivity index (χ2n) is 5.58. The highest BCUT2D eigenvalue weighted by Gasteiger charge is 2.26. The van der Waals surface area contributed by atoms with Crippen molar-refractivity contribution in [1.29, 1.82) is 0 Å². The van der Waals surface area contributed by atoms with Crippen LogP contribution in [0.1, 0.15) is 40.0 Å². The maximum absolute atomic E-state index is 12.7. The van der Waals surface area contributed by atoms with Crippen molar-refractivity contribution < 1.29 is 9.53 Å². The largest absolute Gasteiger partial charge is 0.370 e. The lowest BCUT2D eigenvalue weighted by Gasteiger charge is -2.05. The van der Waals surface area contributed by atoms with E-state index in [4.69, 9.17) is 16.3 Å². The Kier molecular flexibility index (Phi) is 4.85. The predicted molar refractivity (Wildman–Crippen MR) is 98.7 cm³/mol. The molecule has 0 aliphatic carbocycles. The molecule has 1 saturated heterocycles. The number of carbonyl (C=O) groups is 1. The number of rotatable bonds is 5. The van der Waals surface area contributed by atoms with Gasteiger partial charge < -0.3 is 10.1 Å². The molecule has 0 aromatic carbocycles. The molecule has 1 N–H and O–H groups in total. The molecular formula is C16H15ClN4O2S2. The van der Waals surface area contributed by atoms with Crippen LogP contribution < -0.4 is 5.32 Å². The van der Waals surface area contributed by atoms with Crippen LogP contribution in [0, 0.1) is 0 Å². The van der Waals surface area contributed by atoms with Crippen LogP contribution in [-0.4, -0.2) is 27.3 Å². The first-order valence-corrected chi connectivity index (χ1v) is 9.98. The van der Waals surface area contributed by atoms with Crippen molar-refractivity contribution in [2.24, 2.45) is 0 Å². The number of halogens is 1. The molecule has 3 aromatic rings. The Morgan fingerprint density at radius 1 is 1.44 bits per heavy atom. The van der Waals surface area contributed by atoms with E-state index in [-0.39, 0.29) is 12.0 Å². The van der Waals surface area contributed by atoms with Crippen LogP contribution in [0.2, 0.25) is 4.34 Å². The number of nitrogens with zero attached hydrogens (tertiary/aromatic N) is 3. The van der Waals surface area contributed by atoms with E-state index in [1.807, 2.05) is 17.5 Å². The number of thiophene rings is 2. The van der Waals surface area contributed by atoms with Crippen LogP contribution in [-0.2, 0) is 11.3 Å². The summed E-state index contributed by atoms with van der Waals surface area (Å²) in [6, 6.07) is 5.58. The van der Waals surface area contributed by atoms with Crippen LogP contribution in [0.25, 0.3) is 0 Å². The Morgan fingerprint density at radius 3 is 3.04 bits per heavy atom. The molecule has 6 nitrogen and oxygen atoms in total. The summed E-state index contributed by atoms with van der Waals surface area (Å²) in [5, 5.41) is 11.3. The lowest BCUT2D eigenvalue weighted by Crippen LogP contribution is -2.17. The van der Waals surface area contributed by atoms with Crippen LogP contribution in [0.3, 0.4) is 0 Å². The molecule has 0 amide bonds. The number of aromatic nitrogens is 3. The van der Waals surface area contributed by atoms with Crippen molar-refractivity contribution in [3.05, 3.63) is 49.6 Å². The van der Waals surface area contributed by atoms with E-state index >= 15 is 0 Å². The average molecular weight is 395 g/mol. The summed E-state index contributed by atoms with van der Waals surface area (Å²) in [5.74, 6) is 0.767. The Balaban J connectivity index is 1.61. The van der Waals surface area contributed by atoms with Gasteiger partial charge in [-0.15, -0.1) is 16.4 Å². The fourth-order valence-electron chi connectivity index (χ4n) is 2.62. The minimum Gasteiger partial charge on any atom is -0.370 e. The molecule has 1 aliphatic rings. The van der Waals surface area contributed by atoms with Crippen molar-refractivity contribution in [3.63, 3.8) is 0 Å². The quantitative estimate of drug-likeness (QED) is 0.702. The van der Waals surface area contributed by atoms with Gasteiger partial charge in [-0.2, -0.15) is 21.0 Å². The fourth-order valence-corrected chi connectivity index (χ4v) is 4.28. The van der Waals surface area contributed by atoms with Gasteiger partial charge in [0.2, 0.25) is 5.95 Å². The highest BCUT2D eigenvalue weighted by Crippen LogP contribution is 2.28. The first-order valence-electron chi connectivity index (χ1n) is 7.84. The van der Waals surface area contributed by atoms with E-state index in [1.54, 1.807) is 11.4 Å². The van der Waals surface area contributed by atoms with Crippen molar-refractivity contribution in [2.75, 3.05) is 11.9 Å². The van der Waals surface area contributed by atoms with Gasteiger partial charge in [0, 0.05) is 16.9 Å². The Bertz CT molecular complexity index is 869. The third-order valence-electron chi connectivity index (χ3n) is 3.85. The Hall–Kier alpha value is -1.74. The summed E-state index contributed by atoms with van der Waals surface area (Å²) in [4.78, 5) is 18.3. The maximum Gasteiger partial charge on any atom is 0.282 e. The standard InChI is InChI=1S/C16H15ClN4O2S2/c17-13-4-3-11(25-13)8-18-16-19-14(12-2-1-6-23-12)20-21(16)15(22)10-5-7-24-9-10/h3-5,7,9,12H,1-2,6,8H2,(H,18,19,20). The smallest absolute Gasteiger partial charge is 0.282 e. The molecule has 9 heteroatoms. The second kappa shape index (κ2) is 7.25. The molecule has 25 heavy (non-hydrogen) atoms. The molecule has 3 aromatic heterocycles. The van der Waals surface area contributed by atoms with Crippen LogP contribution in [0.15, 0.2) is 29.0 Å². The molecule has 1 atom stereocenters. The normalized spacial score (nSPS) is 17.1. The molecule has 1 aliphatic heterocycles. The number of anilines is 1. The van der Waals surface area contributed by atoms with Gasteiger partial charge >= 0.3 is 0 Å². The molecule has 0 radical (unpaired) electrons. The molecule has 1 unspecified atom stereocenters. The summed E-state index contributed by atoms with van der Waals surface area (Å²) in [5.41, 5.74) is 0.594. The van der Waals surface area contributed by atoms with Gasteiger partial charge in [-0.1, -0.05) is 11.6 Å². The lowest BCUT2D eigenvalue weighted by molar-refractivity contribution is 0.0933. The van der Waals surface area contributed by atoms with Crippen molar-refractivity contribution in [1.82, 2.24) is 14.8 Å². The SMILES string of the molecule is O=C(c1ccsc1)n1nc(C2CCCO2)nc1NCc1ccc(Cl)s1. The van der Waals surface area contributed by atoms with E-state index in [2.05, 4.69) is 15.4 Å². The lowest BCUT2D eigenvalue weighted by atomic mass is 10.2. The van der Waals surface area contributed by atoms with Gasteiger partial charge in [0.15, 0.2) is 5.82 Å². The van der Waals surface area contributed by atoms with Crippen LogP contribution >= 0.6 is 34.3 Å². The molecular weight excluding hydrogens is 380 g/mol. The van der Waals surface area contributed by atoms with E-state index in [9.17, 15) is 4.79 Å². The van der Waals surface area contributed by atoms with Crippen molar-refractivity contribution in [2.45, 2.75) is 25.5 Å². The number of ether oxygens (including phenoxy) is 1. The molecule has 4 heterocycles. The highest BCUT2D eigenvalue weighted by molar-refractivity contribution is 7.16. The number of hydrogen-bond acceptors (Lipinski definition) is 7. The van der Waals surface area contributed by atoms with E-state index in [0.29, 0.717) is 30.5 Å². The van der Waals surface area contributed by atoms with Crippen molar-refractivity contribution in [3.8, 4) is 0 Å². The van der Waals surface area contributed by atoms with Gasteiger partial charge in [-0.25, -0.2) is 0 Å². The number of carbonyl (C=O) groups excluding carboxylic acids is 1. The molecule has 130 valence electrons. The monoisotopic (exact) mass is 394 g/mol. The Labute approximate surface area is 157 Å².